The molecule has 6 aromatic carbocycles. The highest BCUT2D eigenvalue weighted by molar-refractivity contribution is 6.37. The normalized spacial score (nSPS) is 12.9. The van der Waals surface area contributed by atoms with Gasteiger partial charge in [-0.2, -0.15) is 0 Å². The number of nitrogens with zero attached hydrogens (tertiary/aromatic N) is 4. The van der Waals surface area contributed by atoms with Crippen molar-refractivity contribution in [2.75, 3.05) is 4.90 Å². The second-order valence-corrected chi connectivity index (χ2v) is 16.2. The monoisotopic (exact) mass is 660 g/mol. The fraction of sp³-hybridized carbons (Fsp3) is 0.170. The molecule has 10 rings (SSSR count). The summed E-state index contributed by atoms with van der Waals surface area (Å²) in [6.45, 7) is 13.6. The first-order chi connectivity index (χ1) is 24.6. The van der Waals surface area contributed by atoms with Crippen LogP contribution in [-0.4, -0.2) is 13.8 Å². The number of pyridine rings is 1. The minimum Gasteiger partial charge on any atom is -0.310 e. The molecule has 0 fully saturated rings. The van der Waals surface area contributed by atoms with E-state index in [0.29, 0.717) is 0 Å². The molecule has 248 valence electrons. The summed E-state index contributed by atoms with van der Waals surface area (Å²) >= 11 is 0. The van der Waals surface area contributed by atoms with Crippen molar-refractivity contribution in [3.63, 3.8) is 0 Å². The van der Waals surface area contributed by atoms with E-state index in [4.69, 9.17) is 0 Å². The van der Waals surface area contributed by atoms with Crippen molar-refractivity contribution < 1.29 is 0 Å². The molecule has 0 aliphatic carbocycles. The van der Waals surface area contributed by atoms with E-state index in [1.165, 1.54) is 71.0 Å². The van der Waals surface area contributed by atoms with Crippen LogP contribution >= 0.6 is 0 Å². The molecule has 10 aromatic rings. The van der Waals surface area contributed by atoms with Crippen LogP contribution in [0.25, 0.3) is 65.4 Å². The second-order valence-electron chi connectivity index (χ2n) is 16.2. The van der Waals surface area contributed by atoms with Gasteiger partial charge >= 0.3 is 0 Å². The van der Waals surface area contributed by atoms with E-state index >= 15 is 0 Å². The lowest BCUT2D eigenvalue weighted by Gasteiger charge is -2.28. The summed E-state index contributed by atoms with van der Waals surface area (Å²) in [6, 6.07) is 45.3. The largest absolute Gasteiger partial charge is 0.310 e. The van der Waals surface area contributed by atoms with Gasteiger partial charge in [-0.25, -0.2) is 0 Å². The highest BCUT2D eigenvalue weighted by Gasteiger charge is 2.26. The maximum Gasteiger partial charge on any atom is 0.0796 e. The Hall–Kier alpha value is -5.87. The van der Waals surface area contributed by atoms with Gasteiger partial charge in [0.1, 0.15) is 0 Å². The van der Waals surface area contributed by atoms with Crippen LogP contribution in [0.15, 0.2) is 134 Å². The van der Waals surface area contributed by atoms with Gasteiger partial charge in [-0.1, -0.05) is 102 Å². The van der Waals surface area contributed by atoms with Crippen LogP contribution in [-0.2, 0) is 10.8 Å². The van der Waals surface area contributed by atoms with Crippen molar-refractivity contribution in [1.82, 2.24) is 13.8 Å². The van der Waals surface area contributed by atoms with Crippen LogP contribution < -0.4 is 4.90 Å². The summed E-state index contributed by atoms with van der Waals surface area (Å²) in [5.41, 5.74) is 13.4. The lowest BCUT2D eigenvalue weighted by Crippen LogP contribution is -2.14. The number of rotatable bonds is 3. The zero-order valence-corrected chi connectivity index (χ0v) is 30.0. The van der Waals surface area contributed by atoms with Gasteiger partial charge in [0.15, 0.2) is 0 Å². The number of fused-ring (bicyclic) bond motifs is 12. The molecule has 0 atom stereocenters. The van der Waals surface area contributed by atoms with Crippen molar-refractivity contribution in [3.05, 3.63) is 145 Å². The standard InChI is InChI=1S/C47H40N4/c1-46(2,3)29-15-19-31(20-16-29)49(32-21-17-30(18-22-32)47(4,5)6)33-23-24-34-37(27-33)43-35-11-7-8-12-38(35)50-39-13-9-10-14-40(39)51-41-28-48-26-25-36(41)42(34)44(51)45(43)50/h7-28H,1-6H3. The van der Waals surface area contributed by atoms with Gasteiger partial charge in [0.05, 0.1) is 39.3 Å². The minimum absolute atomic E-state index is 0.0736. The SMILES string of the molecule is CC(C)(C)c1ccc(N(c2ccc(C(C)(C)C)cc2)c2ccc3c(c2)c2c4ccccc4n4c5ccccc5n5c6cnccc6c3c5c24)cc1. The molecule has 0 unspecified atom stereocenters. The first-order valence-corrected chi connectivity index (χ1v) is 18.0. The minimum atomic E-state index is 0.0736. The Bertz CT molecular complexity index is 2900. The number of anilines is 3. The Labute approximate surface area is 297 Å². The molecule has 0 saturated heterocycles. The van der Waals surface area contributed by atoms with Gasteiger partial charge in [0.25, 0.3) is 0 Å². The van der Waals surface area contributed by atoms with Crippen LogP contribution in [0.3, 0.4) is 0 Å². The van der Waals surface area contributed by atoms with Crippen LogP contribution in [0.2, 0.25) is 0 Å². The summed E-state index contributed by atoms with van der Waals surface area (Å²) < 4.78 is 4.94. The van der Waals surface area contributed by atoms with E-state index in [1.807, 2.05) is 12.4 Å². The molecule has 0 spiro atoms. The number of benzene rings is 6. The molecule has 4 aromatic heterocycles. The van der Waals surface area contributed by atoms with Crippen LogP contribution in [0.5, 0.6) is 0 Å². The molecule has 4 nitrogen and oxygen atoms in total. The highest BCUT2D eigenvalue weighted by atomic mass is 15.1. The number of para-hydroxylation sites is 3. The molecular formula is C47H40N4. The van der Waals surface area contributed by atoms with E-state index in [2.05, 4.69) is 182 Å². The Morgan fingerprint density at radius 1 is 0.451 bits per heavy atom. The van der Waals surface area contributed by atoms with Gasteiger partial charge in [-0.05, 0) is 93.4 Å². The van der Waals surface area contributed by atoms with Gasteiger partial charge in [-0.15, -0.1) is 0 Å². The maximum atomic E-state index is 4.63. The van der Waals surface area contributed by atoms with Crippen molar-refractivity contribution in [2.45, 2.75) is 52.4 Å². The van der Waals surface area contributed by atoms with Gasteiger partial charge in [0.2, 0.25) is 0 Å². The van der Waals surface area contributed by atoms with Crippen molar-refractivity contribution >= 4 is 82.5 Å². The van der Waals surface area contributed by atoms with Gasteiger partial charge in [0, 0.05) is 44.8 Å². The van der Waals surface area contributed by atoms with Gasteiger partial charge < -0.3 is 13.7 Å². The van der Waals surface area contributed by atoms with Crippen molar-refractivity contribution in [3.8, 4) is 0 Å². The quantitative estimate of drug-likeness (QED) is 0.176. The predicted molar refractivity (Wildman–Crippen MR) is 217 cm³/mol. The van der Waals surface area contributed by atoms with E-state index in [-0.39, 0.29) is 10.8 Å². The van der Waals surface area contributed by atoms with Crippen LogP contribution in [0.1, 0.15) is 52.7 Å². The highest BCUT2D eigenvalue weighted by Crippen LogP contribution is 2.48. The maximum absolute atomic E-state index is 4.63. The molecular weight excluding hydrogens is 621 g/mol. The molecule has 0 bridgehead atoms. The molecule has 0 saturated carbocycles. The third-order valence-corrected chi connectivity index (χ3v) is 11.0. The Morgan fingerprint density at radius 3 is 1.53 bits per heavy atom. The van der Waals surface area contributed by atoms with Crippen molar-refractivity contribution in [1.29, 1.82) is 0 Å². The first kappa shape index (κ1) is 30.0. The number of hydrogen-bond donors (Lipinski definition) is 0. The molecule has 0 N–H and O–H groups in total. The first-order valence-electron chi connectivity index (χ1n) is 18.0. The summed E-state index contributed by atoms with van der Waals surface area (Å²) in [5.74, 6) is 0. The molecule has 0 aliphatic heterocycles. The molecule has 51 heavy (non-hydrogen) atoms. The summed E-state index contributed by atoms with van der Waals surface area (Å²) in [4.78, 5) is 7.04. The summed E-state index contributed by atoms with van der Waals surface area (Å²) in [7, 11) is 0. The number of aromatic nitrogens is 3. The average Bonchev–Trinajstić information content (AvgIpc) is 3.66. The Kier molecular flexibility index (Phi) is 6.08. The van der Waals surface area contributed by atoms with Crippen LogP contribution in [0, 0.1) is 0 Å². The van der Waals surface area contributed by atoms with Gasteiger partial charge in [-0.3, -0.25) is 4.98 Å². The molecule has 0 radical (unpaired) electrons. The average molecular weight is 661 g/mol. The number of hydrogen-bond acceptors (Lipinski definition) is 2. The Balaban J connectivity index is 1.34. The smallest absolute Gasteiger partial charge is 0.0796 e. The summed E-state index contributed by atoms with van der Waals surface area (Å²) in [5, 5.41) is 7.55. The third-order valence-electron chi connectivity index (χ3n) is 11.0. The van der Waals surface area contributed by atoms with E-state index in [0.717, 1.165) is 22.6 Å². The molecule has 0 amide bonds. The second kappa shape index (κ2) is 10.3. The predicted octanol–water partition coefficient (Wildman–Crippen LogP) is 12.9. The lowest BCUT2D eigenvalue weighted by atomic mass is 9.86. The zero-order chi connectivity index (χ0) is 34.8. The zero-order valence-electron chi connectivity index (χ0n) is 30.0. The van der Waals surface area contributed by atoms with E-state index < -0.39 is 0 Å². The molecule has 4 heteroatoms. The third kappa shape index (κ3) is 4.23. The van der Waals surface area contributed by atoms with Crippen LogP contribution in [0.4, 0.5) is 17.1 Å². The van der Waals surface area contributed by atoms with E-state index in [9.17, 15) is 0 Å². The molecule has 0 aliphatic rings. The summed E-state index contributed by atoms with van der Waals surface area (Å²) in [6.07, 6.45) is 3.96. The molecule has 4 heterocycles. The fourth-order valence-corrected chi connectivity index (χ4v) is 8.48. The van der Waals surface area contributed by atoms with E-state index in [1.54, 1.807) is 0 Å². The lowest BCUT2D eigenvalue weighted by molar-refractivity contribution is 0.590. The Morgan fingerprint density at radius 2 is 0.941 bits per heavy atom. The topological polar surface area (TPSA) is 25.0 Å². The fourth-order valence-electron chi connectivity index (χ4n) is 8.48. The van der Waals surface area contributed by atoms with Crippen molar-refractivity contribution in [2.24, 2.45) is 0 Å².